The monoisotopic (exact) mass is 372 g/mol. The van der Waals surface area contributed by atoms with Crippen molar-refractivity contribution >= 4 is 32.8 Å². The van der Waals surface area contributed by atoms with Crippen molar-refractivity contribution in [2.24, 2.45) is 0 Å². The van der Waals surface area contributed by atoms with E-state index in [9.17, 15) is 0 Å². The normalized spacial score (nSPS) is 11.4. The zero-order valence-corrected chi connectivity index (χ0v) is 15.5. The number of hydrogen-bond donors (Lipinski definition) is 0. The first kappa shape index (κ1) is 16.0. The van der Waals surface area contributed by atoms with E-state index in [2.05, 4.69) is 30.3 Å². The molecule has 0 radical (unpaired) electrons. The third-order valence-corrected chi connectivity index (χ3v) is 5.29. The van der Waals surface area contributed by atoms with E-state index in [1.165, 1.54) is 0 Å². The van der Waals surface area contributed by atoms with E-state index in [1.54, 1.807) is 0 Å². The minimum Gasteiger partial charge on any atom is -0.456 e. The van der Waals surface area contributed by atoms with Crippen LogP contribution in [0.15, 0.2) is 101 Å². The van der Waals surface area contributed by atoms with Gasteiger partial charge in [-0.15, -0.1) is 0 Å². The molecule has 0 saturated heterocycles. The zero-order valence-electron chi connectivity index (χ0n) is 15.5. The Hall–Kier alpha value is -3.98. The second kappa shape index (κ2) is 6.28. The third kappa shape index (κ3) is 2.52. The van der Waals surface area contributed by atoms with Crippen LogP contribution >= 0.6 is 0 Å². The lowest BCUT2D eigenvalue weighted by atomic mass is 10.0. The van der Waals surface area contributed by atoms with Crippen molar-refractivity contribution in [1.82, 2.24) is 9.97 Å². The van der Waals surface area contributed by atoms with Gasteiger partial charge in [-0.05, 0) is 18.2 Å². The van der Waals surface area contributed by atoms with Gasteiger partial charge >= 0.3 is 0 Å². The van der Waals surface area contributed by atoms with Gasteiger partial charge in [-0.2, -0.15) is 0 Å². The Morgan fingerprint density at radius 2 is 1.28 bits per heavy atom. The van der Waals surface area contributed by atoms with E-state index in [1.807, 2.05) is 66.7 Å². The molecule has 0 N–H and O–H groups in total. The predicted octanol–water partition coefficient (Wildman–Crippen LogP) is 6.86. The van der Waals surface area contributed by atoms with Gasteiger partial charge in [0.1, 0.15) is 11.2 Å². The van der Waals surface area contributed by atoms with Crippen LogP contribution in [0.5, 0.6) is 0 Å². The third-order valence-electron chi connectivity index (χ3n) is 5.29. The first-order valence-corrected chi connectivity index (χ1v) is 9.61. The van der Waals surface area contributed by atoms with Crippen molar-refractivity contribution in [3.05, 3.63) is 97.1 Å². The van der Waals surface area contributed by atoms with Crippen LogP contribution in [0.1, 0.15) is 0 Å². The molecule has 6 aromatic rings. The van der Waals surface area contributed by atoms with Crippen molar-refractivity contribution < 1.29 is 4.42 Å². The summed E-state index contributed by atoms with van der Waals surface area (Å²) in [6, 6.07) is 32.6. The van der Waals surface area contributed by atoms with Gasteiger partial charge < -0.3 is 4.42 Å². The van der Waals surface area contributed by atoms with Crippen LogP contribution in [0.4, 0.5) is 0 Å². The van der Waals surface area contributed by atoms with Crippen molar-refractivity contribution in [3.63, 3.8) is 0 Å². The molecule has 29 heavy (non-hydrogen) atoms. The molecule has 0 fully saturated rings. The summed E-state index contributed by atoms with van der Waals surface area (Å²) in [5, 5.41) is 3.18. The molecule has 0 aliphatic heterocycles. The van der Waals surface area contributed by atoms with Gasteiger partial charge in [-0.25, -0.2) is 9.97 Å². The number of furan rings is 1. The minimum atomic E-state index is 0.708. The molecule has 0 saturated carbocycles. The van der Waals surface area contributed by atoms with Gasteiger partial charge in [0.25, 0.3) is 0 Å². The van der Waals surface area contributed by atoms with Crippen LogP contribution < -0.4 is 0 Å². The maximum atomic E-state index is 6.06. The predicted molar refractivity (Wildman–Crippen MR) is 118 cm³/mol. The molecule has 4 aromatic carbocycles. The van der Waals surface area contributed by atoms with E-state index in [0.717, 1.165) is 49.7 Å². The van der Waals surface area contributed by atoms with Crippen molar-refractivity contribution in [2.45, 2.75) is 0 Å². The second-order valence-corrected chi connectivity index (χ2v) is 7.06. The number of aromatic nitrogens is 2. The molecule has 0 unspecified atom stereocenters. The number of hydrogen-bond acceptors (Lipinski definition) is 3. The van der Waals surface area contributed by atoms with Crippen LogP contribution in [-0.2, 0) is 0 Å². The fraction of sp³-hybridized carbons (Fsp3) is 0. The topological polar surface area (TPSA) is 38.9 Å². The number of fused-ring (bicyclic) bond motifs is 4. The van der Waals surface area contributed by atoms with Crippen molar-refractivity contribution in [1.29, 1.82) is 0 Å². The lowest BCUT2D eigenvalue weighted by Gasteiger charge is -2.10. The lowest BCUT2D eigenvalue weighted by molar-refractivity contribution is 0.669. The molecular weight excluding hydrogens is 356 g/mol. The Balaban J connectivity index is 1.71. The smallest absolute Gasteiger partial charge is 0.161 e. The summed E-state index contributed by atoms with van der Waals surface area (Å²) in [5.41, 5.74) is 5.66. The van der Waals surface area contributed by atoms with E-state index in [-0.39, 0.29) is 0 Å². The first-order chi connectivity index (χ1) is 14.4. The average Bonchev–Trinajstić information content (AvgIpc) is 3.18. The molecule has 3 heteroatoms. The first-order valence-electron chi connectivity index (χ1n) is 9.61. The summed E-state index contributed by atoms with van der Waals surface area (Å²) in [6.45, 7) is 0. The van der Waals surface area contributed by atoms with Crippen molar-refractivity contribution in [2.75, 3.05) is 0 Å². The largest absolute Gasteiger partial charge is 0.456 e. The SMILES string of the molecule is c1ccc(-c2nc(-c3cccc4oc5ccccc5c34)nc3ccccc23)cc1. The molecule has 0 aliphatic rings. The van der Waals surface area contributed by atoms with Gasteiger partial charge in [0, 0.05) is 27.3 Å². The number of para-hydroxylation sites is 2. The molecule has 136 valence electrons. The van der Waals surface area contributed by atoms with E-state index < -0.39 is 0 Å². The van der Waals surface area contributed by atoms with E-state index in [0.29, 0.717) is 5.82 Å². The maximum Gasteiger partial charge on any atom is 0.161 e. The summed E-state index contributed by atoms with van der Waals surface area (Å²) < 4.78 is 6.06. The van der Waals surface area contributed by atoms with Gasteiger partial charge in [-0.1, -0.05) is 78.9 Å². The molecule has 0 aliphatic carbocycles. The standard InChI is InChI=1S/C26H16N2O/c1-2-9-17(10-3-1)25-18-11-4-6-14-21(18)27-26(28-25)20-13-8-16-23-24(20)19-12-5-7-15-22(19)29-23/h1-16H. The Morgan fingerprint density at radius 3 is 2.17 bits per heavy atom. The summed E-state index contributed by atoms with van der Waals surface area (Å²) in [4.78, 5) is 9.94. The average molecular weight is 372 g/mol. The molecule has 6 rings (SSSR count). The quantitative estimate of drug-likeness (QED) is 0.333. The van der Waals surface area contributed by atoms with Gasteiger partial charge in [0.05, 0.1) is 11.2 Å². The molecule has 2 heterocycles. The Morgan fingerprint density at radius 1 is 0.552 bits per heavy atom. The highest BCUT2D eigenvalue weighted by molar-refractivity contribution is 6.12. The van der Waals surface area contributed by atoms with E-state index in [4.69, 9.17) is 14.4 Å². The fourth-order valence-electron chi connectivity index (χ4n) is 3.97. The second-order valence-electron chi connectivity index (χ2n) is 7.06. The van der Waals surface area contributed by atoms with Gasteiger partial charge in [0.2, 0.25) is 0 Å². The van der Waals surface area contributed by atoms with E-state index >= 15 is 0 Å². The summed E-state index contributed by atoms with van der Waals surface area (Å²) in [7, 11) is 0. The highest BCUT2D eigenvalue weighted by Crippen LogP contribution is 2.37. The Labute approximate surface area is 167 Å². The van der Waals surface area contributed by atoms with Gasteiger partial charge in [0.15, 0.2) is 5.82 Å². The highest BCUT2D eigenvalue weighted by Gasteiger charge is 2.16. The lowest BCUT2D eigenvalue weighted by Crippen LogP contribution is -1.95. The molecule has 0 amide bonds. The Bertz CT molecular complexity index is 1500. The van der Waals surface area contributed by atoms with Crippen molar-refractivity contribution in [3.8, 4) is 22.6 Å². The van der Waals surface area contributed by atoms with Crippen LogP contribution in [0, 0.1) is 0 Å². The van der Waals surface area contributed by atoms with Crippen LogP contribution in [0.25, 0.3) is 55.5 Å². The molecule has 0 spiro atoms. The summed E-state index contributed by atoms with van der Waals surface area (Å²) in [5.74, 6) is 0.708. The molecule has 3 nitrogen and oxygen atoms in total. The maximum absolute atomic E-state index is 6.06. The molecule has 0 bridgehead atoms. The summed E-state index contributed by atoms with van der Waals surface area (Å²) in [6.07, 6.45) is 0. The zero-order chi connectivity index (χ0) is 19.2. The summed E-state index contributed by atoms with van der Waals surface area (Å²) >= 11 is 0. The number of nitrogens with zero attached hydrogens (tertiary/aromatic N) is 2. The van der Waals surface area contributed by atoms with Gasteiger partial charge in [-0.3, -0.25) is 0 Å². The van der Waals surface area contributed by atoms with Crippen LogP contribution in [0.3, 0.4) is 0 Å². The van der Waals surface area contributed by atoms with Crippen LogP contribution in [-0.4, -0.2) is 9.97 Å². The number of rotatable bonds is 2. The fourth-order valence-corrected chi connectivity index (χ4v) is 3.97. The minimum absolute atomic E-state index is 0.708. The number of benzene rings is 4. The van der Waals surface area contributed by atoms with Crippen LogP contribution in [0.2, 0.25) is 0 Å². The molecular formula is C26H16N2O. The molecule has 0 atom stereocenters. The Kier molecular flexibility index (Phi) is 3.47. The highest BCUT2D eigenvalue weighted by atomic mass is 16.3. The molecule has 2 aromatic heterocycles.